The van der Waals surface area contributed by atoms with E-state index >= 15 is 0 Å². The maximum atomic E-state index is 12.8. The smallest absolute Gasteiger partial charge is 0.411 e. The van der Waals surface area contributed by atoms with Gasteiger partial charge in [0.2, 0.25) is 0 Å². The van der Waals surface area contributed by atoms with E-state index in [0.717, 1.165) is 56.6 Å². The fourth-order valence-electron chi connectivity index (χ4n) is 4.83. The van der Waals surface area contributed by atoms with Crippen molar-refractivity contribution in [1.82, 2.24) is 14.4 Å². The quantitative estimate of drug-likeness (QED) is 0.255. The van der Waals surface area contributed by atoms with Crippen LogP contribution in [0.25, 0.3) is 10.9 Å². The SMILES string of the molecule is CC(OC(=O)N(C)C(C)(C)C)n1c(=O)ccc2ccc(OCCCCN3CCN(c4cccc(Cl)c4Cl)CC3)cc21. The van der Waals surface area contributed by atoms with Crippen LogP contribution in [-0.2, 0) is 4.74 Å². The van der Waals surface area contributed by atoms with Crippen LogP contribution in [0, 0.1) is 0 Å². The Morgan fingerprint density at radius 2 is 1.73 bits per heavy atom. The molecule has 1 unspecified atom stereocenters. The normalized spacial score (nSPS) is 15.1. The van der Waals surface area contributed by atoms with Gasteiger partial charge < -0.3 is 19.3 Å². The Morgan fingerprint density at radius 3 is 2.44 bits per heavy atom. The second-order valence-electron chi connectivity index (χ2n) is 11.4. The molecule has 1 fully saturated rings. The minimum absolute atomic E-state index is 0.244. The number of fused-ring (bicyclic) bond motifs is 1. The predicted molar refractivity (Wildman–Crippen MR) is 167 cm³/mol. The summed E-state index contributed by atoms with van der Waals surface area (Å²) < 4.78 is 13.2. The fraction of sp³-hybridized carbons (Fsp3) is 0.484. The lowest BCUT2D eigenvalue weighted by Gasteiger charge is -2.36. The number of nitrogens with zero attached hydrogens (tertiary/aromatic N) is 4. The van der Waals surface area contributed by atoms with Crippen molar-refractivity contribution in [2.24, 2.45) is 0 Å². The average Bonchev–Trinajstić information content (AvgIpc) is 2.93. The summed E-state index contributed by atoms with van der Waals surface area (Å²) in [6.07, 6.45) is 0.655. The molecule has 8 nitrogen and oxygen atoms in total. The van der Waals surface area contributed by atoms with Crippen LogP contribution < -0.4 is 15.2 Å². The summed E-state index contributed by atoms with van der Waals surface area (Å²) in [5, 5.41) is 2.07. The number of unbranched alkanes of at least 4 members (excludes halogenated alkanes) is 1. The van der Waals surface area contributed by atoms with Gasteiger partial charge in [-0.2, -0.15) is 0 Å². The van der Waals surface area contributed by atoms with Gasteiger partial charge in [-0.05, 0) is 82.8 Å². The molecule has 1 atom stereocenters. The first-order valence-corrected chi connectivity index (χ1v) is 14.8. The van der Waals surface area contributed by atoms with Crippen molar-refractivity contribution in [2.75, 3.05) is 51.3 Å². The number of benzene rings is 2. The molecular formula is C31H40Cl2N4O4. The van der Waals surface area contributed by atoms with Crippen molar-refractivity contribution < 1.29 is 14.3 Å². The largest absolute Gasteiger partial charge is 0.494 e. The van der Waals surface area contributed by atoms with Gasteiger partial charge >= 0.3 is 6.09 Å². The first kappa shape index (κ1) is 31.0. The first-order chi connectivity index (χ1) is 19.5. The molecule has 0 spiro atoms. The first-order valence-electron chi connectivity index (χ1n) is 14.1. The zero-order valence-corrected chi connectivity index (χ0v) is 26.0. The summed E-state index contributed by atoms with van der Waals surface area (Å²) in [5.41, 5.74) is 1.01. The van der Waals surface area contributed by atoms with Crippen LogP contribution in [-0.4, -0.2) is 72.4 Å². The van der Waals surface area contributed by atoms with E-state index in [1.54, 1.807) is 20.0 Å². The molecule has 1 aliphatic heterocycles. The van der Waals surface area contributed by atoms with Crippen molar-refractivity contribution in [3.8, 4) is 5.75 Å². The molecule has 10 heteroatoms. The predicted octanol–water partition coefficient (Wildman–Crippen LogP) is 6.67. The van der Waals surface area contributed by atoms with Crippen LogP contribution in [0.5, 0.6) is 5.75 Å². The van der Waals surface area contributed by atoms with Crippen LogP contribution in [0.3, 0.4) is 0 Å². The molecule has 41 heavy (non-hydrogen) atoms. The van der Waals surface area contributed by atoms with Crippen molar-refractivity contribution in [3.63, 3.8) is 0 Å². The minimum atomic E-state index is -0.783. The number of halogens is 2. The molecule has 222 valence electrons. The standard InChI is InChI=1S/C31H40Cl2N4O4/c1-22(41-30(39)34(5)31(2,3)4)37-27-21-24(13-11-23(27)12-14-28(37)38)40-20-7-6-15-35-16-18-36(19-17-35)26-10-8-9-25(32)29(26)33/h8-14,21-22H,6-7,15-20H2,1-5H3. The van der Waals surface area contributed by atoms with E-state index in [2.05, 4.69) is 9.80 Å². The highest BCUT2D eigenvalue weighted by molar-refractivity contribution is 6.43. The molecule has 2 heterocycles. The molecule has 0 saturated carbocycles. The molecule has 1 saturated heterocycles. The highest BCUT2D eigenvalue weighted by atomic mass is 35.5. The van der Waals surface area contributed by atoms with Crippen LogP contribution in [0.2, 0.25) is 10.0 Å². The Balaban J connectivity index is 1.29. The van der Waals surface area contributed by atoms with Gasteiger partial charge in [-0.1, -0.05) is 29.3 Å². The summed E-state index contributed by atoms with van der Waals surface area (Å²) in [6.45, 7) is 12.8. The number of hydrogen-bond acceptors (Lipinski definition) is 6. The molecule has 1 aliphatic rings. The molecule has 3 aromatic rings. The van der Waals surface area contributed by atoms with E-state index in [9.17, 15) is 9.59 Å². The Bertz CT molecular complexity index is 1410. The molecule has 0 aliphatic carbocycles. The third kappa shape index (κ3) is 7.67. The number of ether oxygens (including phenoxy) is 2. The van der Waals surface area contributed by atoms with Crippen molar-refractivity contribution in [2.45, 2.75) is 52.3 Å². The van der Waals surface area contributed by atoms with Gasteiger partial charge in [0.1, 0.15) is 5.75 Å². The minimum Gasteiger partial charge on any atom is -0.494 e. The highest BCUT2D eigenvalue weighted by Crippen LogP contribution is 2.33. The second kappa shape index (κ2) is 13.4. The lowest BCUT2D eigenvalue weighted by molar-refractivity contribution is 0.0264. The zero-order valence-electron chi connectivity index (χ0n) is 24.5. The van der Waals surface area contributed by atoms with Crippen LogP contribution in [0.4, 0.5) is 10.5 Å². The number of aromatic nitrogens is 1. The summed E-state index contributed by atoms with van der Waals surface area (Å²) in [4.78, 5) is 31.7. The van der Waals surface area contributed by atoms with E-state index in [1.165, 1.54) is 15.5 Å². The Morgan fingerprint density at radius 1 is 1.02 bits per heavy atom. The number of hydrogen-bond donors (Lipinski definition) is 0. The second-order valence-corrected chi connectivity index (χ2v) is 12.2. The van der Waals surface area contributed by atoms with Gasteiger partial charge in [-0.15, -0.1) is 0 Å². The number of rotatable bonds is 9. The third-order valence-corrected chi connectivity index (χ3v) is 8.41. The van der Waals surface area contributed by atoms with Gasteiger partial charge in [-0.25, -0.2) is 4.79 Å². The van der Waals surface area contributed by atoms with Crippen molar-refractivity contribution in [1.29, 1.82) is 0 Å². The van der Waals surface area contributed by atoms with E-state index in [4.69, 9.17) is 32.7 Å². The molecule has 2 aromatic carbocycles. The monoisotopic (exact) mass is 602 g/mol. The maximum Gasteiger partial charge on any atom is 0.411 e. The van der Waals surface area contributed by atoms with Crippen LogP contribution in [0.1, 0.15) is 46.8 Å². The van der Waals surface area contributed by atoms with Gasteiger partial charge in [0.25, 0.3) is 5.56 Å². The van der Waals surface area contributed by atoms with Gasteiger partial charge in [0.05, 0.1) is 27.9 Å². The summed E-state index contributed by atoms with van der Waals surface area (Å²) in [5.74, 6) is 0.675. The molecule has 4 rings (SSSR count). The lowest BCUT2D eigenvalue weighted by atomic mass is 10.1. The number of carbonyl (C=O) groups is 1. The topological polar surface area (TPSA) is 67.2 Å². The molecule has 1 aromatic heterocycles. The van der Waals surface area contributed by atoms with Crippen LogP contribution in [0.15, 0.2) is 53.3 Å². The summed E-state index contributed by atoms with van der Waals surface area (Å²) >= 11 is 12.6. The number of amides is 1. The Labute approximate surface area is 252 Å². The summed E-state index contributed by atoms with van der Waals surface area (Å²) in [6, 6.07) is 14.7. The lowest BCUT2D eigenvalue weighted by Crippen LogP contribution is -2.46. The van der Waals surface area contributed by atoms with Crippen molar-refractivity contribution >= 4 is 45.9 Å². The number of piperazine rings is 1. The molecule has 1 amide bonds. The van der Waals surface area contributed by atoms with Gasteiger partial charge in [-0.3, -0.25) is 14.3 Å². The Hall–Kier alpha value is -2.94. The fourth-order valence-corrected chi connectivity index (χ4v) is 5.24. The van der Waals surface area contributed by atoms with Gasteiger partial charge in [0, 0.05) is 50.9 Å². The Kier molecular flexibility index (Phi) is 10.1. The molecule has 0 bridgehead atoms. The van der Waals surface area contributed by atoms with E-state index in [-0.39, 0.29) is 5.56 Å². The number of carbonyl (C=O) groups excluding carboxylic acids is 1. The summed E-state index contributed by atoms with van der Waals surface area (Å²) in [7, 11) is 1.68. The van der Waals surface area contributed by atoms with E-state index in [0.29, 0.717) is 27.9 Å². The number of pyridine rings is 1. The average molecular weight is 604 g/mol. The molecule has 0 N–H and O–H groups in total. The maximum absolute atomic E-state index is 12.8. The van der Waals surface area contributed by atoms with E-state index in [1.807, 2.05) is 57.2 Å². The van der Waals surface area contributed by atoms with Crippen LogP contribution >= 0.6 is 23.2 Å². The third-order valence-electron chi connectivity index (χ3n) is 7.60. The van der Waals surface area contributed by atoms with Gasteiger partial charge in [0.15, 0.2) is 6.23 Å². The zero-order chi connectivity index (χ0) is 29.7. The van der Waals surface area contributed by atoms with E-state index < -0.39 is 17.9 Å². The molecule has 0 radical (unpaired) electrons. The highest BCUT2D eigenvalue weighted by Gasteiger charge is 2.26. The molecular weight excluding hydrogens is 563 g/mol. The van der Waals surface area contributed by atoms with Crippen molar-refractivity contribution in [3.05, 3.63) is 68.9 Å². The number of anilines is 1.